The van der Waals surface area contributed by atoms with Gasteiger partial charge in [0.15, 0.2) is 0 Å². The van der Waals surface area contributed by atoms with Gasteiger partial charge in [-0.05, 0) is 30.3 Å². The van der Waals surface area contributed by atoms with Crippen molar-refractivity contribution in [2.24, 2.45) is 0 Å². The summed E-state index contributed by atoms with van der Waals surface area (Å²) in [5, 5.41) is 0.824. The summed E-state index contributed by atoms with van der Waals surface area (Å²) in [7, 11) is 0. The highest BCUT2D eigenvalue weighted by atomic mass is 35.5. The van der Waals surface area contributed by atoms with E-state index in [-0.39, 0.29) is 15.6 Å². The monoisotopic (exact) mass is 302 g/mol. The third kappa shape index (κ3) is 2.51. The molecule has 0 fully saturated rings. The van der Waals surface area contributed by atoms with Crippen molar-refractivity contribution in [1.82, 2.24) is 0 Å². The zero-order valence-corrected chi connectivity index (χ0v) is 11.2. The Hall–Kier alpha value is -1.09. The zero-order chi connectivity index (χ0) is 13.3. The van der Waals surface area contributed by atoms with Crippen LogP contribution >= 0.6 is 34.8 Å². The van der Waals surface area contributed by atoms with E-state index in [9.17, 15) is 9.18 Å². The van der Waals surface area contributed by atoms with Crippen LogP contribution in [0.2, 0.25) is 15.1 Å². The van der Waals surface area contributed by atoms with Crippen molar-refractivity contribution in [3.63, 3.8) is 0 Å². The van der Waals surface area contributed by atoms with Crippen LogP contribution in [0.5, 0.6) is 0 Å². The molecule has 0 spiro atoms. The van der Waals surface area contributed by atoms with Crippen LogP contribution in [-0.4, -0.2) is 6.29 Å². The SMILES string of the molecule is O=Cc1ccc(F)c(-c2c(Cl)cc(Cl)cc2Cl)c1. The Morgan fingerprint density at radius 3 is 2.17 bits per heavy atom. The third-order valence-corrected chi connectivity index (χ3v) is 3.22. The zero-order valence-electron chi connectivity index (χ0n) is 8.88. The number of halogens is 4. The fourth-order valence-electron chi connectivity index (χ4n) is 1.61. The van der Waals surface area contributed by atoms with Gasteiger partial charge in [-0.1, -0.05) is 34.8 Å². The number of benzene rings is 2. The van der Waals surface area contributed by atoms with Crippen molar-refractivity contribution in [1.29, 1.82) is 0 Å². The molecule has 0 aliphatic heterocycles. The summed E-state index contributed by atoms with van der Waals surface area (Å²) < 4.78 is 13.8. The van der Waals surface area contributed by atoms with Crippen molar-refractivity contribution in [3.8, 4) is 11.1 Å². The molecule has 0 aromatic heterocycles. The Morgan fingerprint density at radius 1 is 1.00 bits per heavy atom. The summed E-state index contributed by atoms with van der Waals surface area (Å²) in [6.45, 7) is 0. The molecule has 0 atom stereocenters. The van der Waals surface area contributed by atoms with Crippen LogP contribution in [-0.2, 0) is 0 Å². The highest BCUT2D eigenvalue weighted by molar-refractivity contribution is 6.41. The summed E-state index contributed by atoms with van der Waals surface area (Å²) in [6.07, 6.45) is 0.626. The summed E-state index contributed by atoms with van der Waals surface area (Å²) in [5.41, 5.74) is 0.837. The Bertz CT molecular complexity index is 603. The number of carbonyl (C=O) groups excluding carboxylic acids is 1. The average molecular weight is 304 g/mol. The molecule has 0 saturated carbocycles. The molecule has 0 bridgehead atoms. The third-order valence-electron chi connectivity index (χ3n) is 2.40. The molecule has 2 aromatic rings. The van der Waals surface area contributed by atoms with Crippen LogP contribution in [0.25, 0.3) is 11.1 Å². The lowest BCUT2D eigenvalue weighted by atomic mass is 10.0. The first-order chi connectivity index (χ1) is 8.52. The predicted octanol–water partition coefficient (Wildman–Crippen LogP) is 5.27. The van der Waals surface area contributed by atoms with Gasteiger partial charge < -0.3 is 0 Å². The minimum absolute atomic E-state index is 0.172. The van der Waals surface area contributed by atoms with E-state index in [1.807, 2.05) is 0 Å². The van der Waals surface area contributed by atoms with E-state index in [4.69, 9.17) is 34.8 Å². The van der Waals surface area contributed by atoms with Crippen LogP contribution in [0, 0.1) is 5.82 Å². The van der Waals surface area contributed by atoms with Crippen LogP contribution in [0.15, 0.2) is 30.3 Å². The molecule has 0 N–H and O–H groups in total. The van der Waals surface area contributed by atoms with Crippen LogP contribution in [0.3, 0.4) is 0 Å². The van der Waals surface area contributed by atoms with E-state index < -0.39 is 5.82 Å². The fraction of sp³-hybridized carbons (Fsp3) is 0. The highest BCUT2D eigenvalue weighted by Gasteiger charge is 2.14. The number of hydrogen-bond acceptors (Lipinski definition) is 1. The maximum Gasteiger partial charge on any atom is 0.150 e. The van der Waals surface area contributed by atoms with Gasteiger partial charge in [-0.2, -0.15) is 0 Å². The number of carbonyl (C=O) groups is 1. The standard InChI is InChI=1S/C13H6Cl3FO/c14-8-4-10(15)13(11(16)5-8)9-3-7(6-18)1-2-12(9)17/h1-6H. The number of aldehydes is 1. The van der Waals surface area contributed by atoms with Crippen LogP contribution in [0.4, 0.5) is 4.39 Å². The van der Waals surface area contributed by atoms with E-state index in [0.29, 0.717) is 22.4 Å². The Kier molecular flexibility index (Phi) is 3.91. The first-order valence-corrected chi connectivity index (χ1v) is 6.06. The predicted molar refractivity (Wildman–Crippen MR) is 72.3 cm³/mol. The lowest BCUT2D eigenvalue weighted by Gasteiger charge is -2.09. The molecule has 0 aliphatic rings. The molecule has 2 aromatic carbocycles. The molecule has 0 unspecified atom stereocenters. The van der Waals surface area contributed by atoms with Gasteiger partial charge in [0.1, 0.15) is 12.1 Å². The normalized spacial score (nSPS) is 10.4. The smallest absolute Gasteiger partial charge is 0.150 e. The molecule has 0 aliphatic carbocycles. The van der Waals surface area contributed by atoms with E-state index in [1.165, 1.54) is 30.3 Å². The lowest BCUT2D eigenvalue weighted by molar-refractivity contribution is 0.112. The minimum Gasteiger partial charge on any atom is -0.298 e. The van der Waals surface area contributed by atoms with E-state index in [2.05, 4.69) is 0 Å². The largest absolute Gasteiger partial charge is 0.298 e. The van der Waals surface area contributed by atoms with Gasteiger partial charge in [0.2, 0.25) is 0 Å². The molecular weight excluding hydrogens is 297 g/mol. The molecule has 5 heteroatoms. The quantitative estimate of drug-likeness (QED) is 0.691. The van der Waals surface area contributed by atoms with Crippen molar-refractivity contribution < 1.29 is 9.18 Å². The van der Waals surface area contributed by atoms with Crippen molar-refractivity contribution in [2.75, 3.05) is 0 Å². The second kappa shape index (κ2) is 5.27. The van der Waals surface area contributed by atoms with Crippen LogP contribution in [0.1, 0.15) is 10.4 Å². The van der Waals surface area contributed by atoms with E-state index in [1.54, 1.807) is 0 Å². The summed E-state index contributed by atoms with van der Waals surface area (Å²) in [4.78, 5) is 10.7. The highest BCUT2D eigenvalue weighted by Crippen LogP contribution is 2.38. The van der Waals surface area contributed by atoms with Gasteiger partial charge in [0, 0.05) is 21.7 Å². The molecule has 2 rings (SSSR count). The van der Waals surface area contributed by atoms with Crippen LogP contribution < -0.4 is 0 Å². The Labute approximate surface area is 118 Å². The molecule has 0 radical (unpaired) electrons. The molecule has 18 heavy (non-hydrogen) atoms. The summed E-state index contributed by atoms with van der Waals surface area (Å²) in [5.74, 6) is -0.508. The Balaban J connectivity index is 2.72. The second-order valence-corrected chi connectivity index (χ2v) is 4.85. The van der Waals surface area contributed by atoms with Gasteiger partial charge in [-0.25, -0.2) is 4.39 Å². The minimum atomic E-state index is -0.508. The maximum absolute atomic E-state index is 13.8. The van der Waals surface area contributed by atoms with Gasteiger partial charge >= 0.3 is 0 Å². The topological polar surface area (TPSA) is 17.1 Å². The maximum atomic E-state index is 13.8. The van der Waals surface area contributed by atoms with Crippen molar-refractivity contribution >= 4 is 41.1 Å². The van der Waals surface area contributed by atoms with E-state index in [0.717, 1.165) is 0 Å². The number of rotatable bonds is 2. The first-order valence-electron chi connectivity index (χ1n) is 4.92. The van der Waals surface area contributed by atoms with Gasteiger partial charge in [0.25, 0.3) is 0 Å². The molecule has 1 nitrogen and oxygen atoms in total. The molecule has 92 valence electrons. The average Bonchev–Trinajstić information content (AvgIpc) is 2.30. The van der Waals surface area contributed by atoms with Gasteiger partial charge in [-0.15, -0.1) is 0 Å². The van der Waals surface area contributed by atoms with Crippen molar-refractivity contribution in [2.45, 2.75) is 0 Å². The van der Waals surface area contributed by atoms with E-state index >= 15 is 0 Å². The Morgan fingerprint density at radius 2 is 1.61 bits per heavy atom. The number of hydrogen-bond donors (Lipinski definition) is 0. The van der Waals surface area contributed by atoms with Gasteiger partial charge in [0.05, 0.1) is 10.0 Å². The van der Waals surface area contributed by atoms with Gasteiger partial charge in [-0.3, -0.25) is 4.79 Å². The lowest BCUT2D eigenvalue weighted by Crippen LogP contribution is -1.90. The molecular formula is C13H6Cl3FO. The van der Waals surface area contributed by atoms with Crippen molar-refractivity contribution in [3.05, 3.63) is 56.8 Å². The second-order valence-electron chi connectivity index (χ2n) is 3.60. The molecule has 0 amide bonds. The first kappa shape index (κ1) is 13.3. The summed E-state index contributed by atoms with van der Waals surface area (Å²) >= 11 is 17.8. The summed E-state index contributed by atoms with van der Waals surface area (Å²) in [6, 6.07) is 6.90. The molecule has 0 heterocycles. The molecule has 0 saturated heterocycles. The fourth-order valence-corrected chi connectivity index (χ4v) is 2.63.